The lowest BCUT2D eigenvalue weighted by Gasteiger charge is -2.22. The van der Waals surface area contributed by atoms with Gasteiger partial charge in [0, 0.05) is 22.0 Å². The van der Waals surface area contributed by atoms with Crippen LogP contribution in [0, 0.1) is 0 Å². The van der Waals surface area contributed by atoms with E-state index in [4.69, 9.17) is 5.11 Å². The van der Waals surface area contributed by atoms with Crippen molar-refractivity contribution >= 4 is 41.9 Å². The summed E-state index contributed by atoms with van der Waals surface area (Å²) in [6.45, 7) is 2.48. The normalized spacial score (nSPS) is 12.0. The van der Waals surface area contributed by atoms with Crippen molar-refractivity contribution in [2.24, 2.45) is 0 Å². The van der Waals surface area contributed by atoms with Gasteiger partial charge in [-0.25, -0.2) is 8.42 Å². The van der Waals surface area contributed by atoms with Crippen LogP contribution in [0.5, 0.6) is 0 Å². The molecule has 0 aliphatic carbocycles. The van der Waals surface area contributed by atoms with Gasteiger partial charge in [-0.15, -0.1) is 0 Å². The minimum Gasteiger partial charge on any atom is -0.395 e. The maximum absolute atomic E-state index is 12.7. The Morgan fingerprint density at radius 2 is 1.86 bits per heavy atom. The fraction of sp³-hybridized carbons (Fsp3) is 0.571. The second-order valence-electron chi connectivity index (χ2n) is 4.76. The average Bonchev–Trinajstić information content (AvgIpc) is 2.44. The highest BCUT2D eigenvalue weighted by atomic mass is 79.9. The number of rotatable bonds is 9. The van der Waals surface area contributed by atoms with Gasteiger partial charge in [-0.1, -0.05) is 42.1 Å². The standard InChI is InChI=1S/C14H21Br2NO3S/c1-2-3-4-5-8-17(9-10-18)21(19,20)14-11-12(15)6-7-13(14)16/h6-7,11,18H,2-5,8-10H2,1H3. The number of benzene rings is 1. The van der Waals surface area contributed by atoms with Gasteiger partial charge in [0.2, 0.25) is 10.0 Å². The molecule has 0 saturated heterocycles. The van der Waals surface area contributed by atoms with Crippen LogP contribution in [0.2, 0.25) is 0 Å². The molecule has 1 N–H and O–H groups in total. The molecule has 0 unspecified atom stereocenters. The zero-order valence-electron chi connectivity index (χ0n) is 12.1. The second-order valence-corrected chi connectivity index (χ2v) is 8.44. The van der Waals surface area contributed by atoms with Crippen LogP contribution in [0.3, 0.4) is 0 Å². The Bertz CT molecular complexity index is 549. The molecule has 1 aromatic carbocycles. The van der Waals surface area contributed by atoms with Gasteiger partial charge < -0.3 is 5.11 Å². The third-order valence-corrected chi connectivity index (χ3v) is 6.51. The number of halogens is 2. The quantitative estimate of drug-likeness (QED) is 0.592. The van der Waals surface area contributed by atoms with Crippen molar-refractivity contribution in [2.75, 3.05) is 19.7 Å². The number of aliphatic hydroxyl groups excluding tert-OH is 1. The molecule has 1 aromatic rings. The summed E-state index contributed by atoms with van der Waals surface area (Å²) in [4.78, 5) is 0.223. The average molecular weight is 443 g/mol. The van der Waals surface area contributed by atoms with E-state index in [9.17, 15) is 8.42 Å². The van der Waals surface area contributed by atoms with E-state index in [1.54, 1.807) is 18.2 Å². The van der Waals surface area contributed by atoms with Crippen molar-refractivity contribution in [3.05, 3.63) is 27.1 Å². The first-order chi connectivity index (χ1) is 9.93. The molecule has 0 atom stereocenters. The molecule has 0 aliphatic rings. The molecule has 120 valence electrons. The predicted molar refractivity (Wildman–Crippen MR) is 91.8 cm³/mol. The predicted octanol–water partition coefficient (Wildman–Crippen LogP) is 3.77. The van der Waals surface area contributed by atoms with Crippen LogP contribution in [-0.2, 0) is 10.0 Å². The van der Waals surface area contributed by atoms with Crippen LogP contribution in [0.1, 0.15) is 32.6 Å². The summed E-state index contributed by atoms with van der Waals surface area (Å²) in [5.74, 6) is 0. The van der Waals surface area contributed by atoms with Crippen molar-refractivity contribution in [3.63, 3.8) is 0 Å². The highest BCUT2D eigenvalue weighted by Crippen LogP contribution is 2.28. The summed E-state index contributed by atoms with van der Waals surface area (Å²) in [5, 5.41) is 9.15. The molecule has 0 amide bonds. The third-order valence-electron chi connectivity index (χ3n) is 3.12. The monoisotopic (exact) mass is 441 g/mol. The Kier molecular flexibility index (Phi) is 8.41. The number of aliphatic hydroxyl groups is 1. The van der Waals surface area contributed by atoms with Gasteiger partial charge in [0.15, 0.2) is 0 Å². The molecule has 0 aliphatic heterocycles. The molecule has 0 heterocycles. The van der Waals surface area contributed by atoms with E-state index in [2.05, 4.69) is 38.8 Å². The summed E-state index contributed by atoms with van der Waals surface area (Å²) in [5.41, 5.74) is 0. The zero-order chi connectivity index (χ0) is 15.9. The van der Waals surface area contributed by atoms with Crippen LogP contribution < -0.4 is 0 Å². The molecule has 0 fully saturated rings. The summed E-state index contributed by atoms with van der Waals surface area (Å²) in [7, 11) is -3.61. The highest BCUT2D eigenvalue weighted by Gasteiger charge is 2.26. The van der Waals surface area contributed by atoms with Crippen LogP contribution in [0.25, 0.3) is 0 Å². The lowest BCUT2D eigenvalue weighted by Crippen LogP contribution is -2.34. The smallest absolute Gasteiger partial charge is 0.244 e. The van der Waals surface area contributed by atoms with Gasteiger partial charge >= 0.3 is 0 Å². The minimum absolute atomic E-state index is 0.118. The van der Waals surface area contributed by atoms with Gasteiger partial charge in [0.05, 0.1) is 11.5 Å². The van der Waals surface area contributed by atoms with Crippen LogP contribution >= 0.6 is 31.9 Å². The molecular weight excluding hydrogens is 422 g/mol. The van der Waals surface area contributed by atoms with Crippen molar-refractivity contribution < 1.29 is 13.5 Å². The van der Waals surface area contributed by atoms with Crippen molar-refractivity contribution in [1.29, 1.82) is 0 Å². The Morgan fingerprint density at radius 1 is 1.14 bits per heavy atom. The van der Waals surface area contributed by atoms with E-state index in [0.29, 0.717) is 15.5 Å². The van der Waals surface area contributed by atoms with Gasteiger partial charge in [0.1, 0.15) is 0 Å². The maximum atomic E-state index is 12.7. The molecule has 0 aromatic heterocycles. The van der Waals surface area contributed by atoms with Crippen molar-refractivity contribution in [3.8, 4) is 0 Å². The Morgan fingerprint density at radius 3 is 2.48 bits per heavy atom. The fourth-order valence-electron chi connectivity index (χ4n) is 1.99. The molecule has 0 saturated carbocycles. The first-order valence-electron chi connectivity index (χ1n) is 6.99. The van der Waals surface area contributed by atoms with E-state index in [0.717, 1.165) is 25.7 Å². The summed E-state index contributed by atoms with van der Waals surface area (Å²) in [6, 6.07) is 5.06. The molecule has 0 radical (unpaired) electrons. The van der Waals surface area contributed by atoms with E-state index in [1.807, 2.05) is 0 Å². The minimum atomic E-state index is -3.61. The lowest BCUT2D eigenvalue weighted by atomic mass is 10.2. The number of hydrogen-bond donors (Lipinski definition) is 1. The summed E-state index contributed by atoms with van der Waals surface area (Å²) in [6.07, 6.45) is 3.99. The van der Waals surface area contributed by atoms with Crippen molar-refractivity contribution in [1.82, 2.24) is 4.31 Å². The zero-order valence-corrected chi connectivity index (χ0v) is 16.0. The fourth-order valence-corrected chi connectivity index (χ4v) is 4.93. The molecule has 21 heavy (non-hydrogen) atoms. The number of sulfonamides is 1. The number of hydrogen-bond acceptors (Lipinski definition) is 3. The Balaban J connectivity index is 2.95. The first kappa shape index (κ1) is 19.1. The Hall–Kier alpha value is 0.0500. The van der Waals surface area contributed by atoms with Crippen LogP contribution in [-0.4, -0.2) is 37.5 Å². The molecule has 1 rings (SSSR count). The van der Waals surface area contributed by atoms with Crippen molar-refractivity contribution in [2.45, 2.75) is 37.5 Å². The molecule has 0 bridgehead atoms. The number of nitrogens with zero attached hydrogens (tertiary/aromatic N) is 1. The van der Waals surface area contributed by atoms with E-state index in [-0.39, 0.29) is 18.0 Å². The lowest BCUT2D eigenvalue weighted by molar-refractivity contribution is 0.251. The molecule has 7 heteroatoms. The highest BCUT2D eigenvalue weighted by molar-refractivity contribution is 9.11. The van der Waals surface area contributed by atoms with E-state index in [1.165, 1.54) is 4.31 Å². The van der Waals surface area contributed by atoms with Crippen LogP contribution in [0.15, 0.2) is 32.0 Å². The van der Waals surface area contributed by atoms with Gasteiger partial charge in [0.25, 0.3) is 0 Å². The second kappa shape index (κ2) is 9.25. The van der Waals surface area contributed by atoms with Gasteiger partial charge in [-0.2, -0.15) is 4.31 Å². The molecule has 4 nitrogen and oxygen atoms in total. The van der Waals surface area contributed by atoms with Gasteiger partial charge in [-0.3, -0.25) is 0 Å². The molecule has 0 spiro atoms. The SMILES string of the molecule is CCCCCCN(CCO)S(=O)(=O)c1cc(Br)ccc1Br. The summed E-state index contributed by atoms with van der Waals surface area (Å²) >= 11 is 6.59. The maximum Gasteiger partial charge on any atom is 0.244 e. The largest absolute Gasteiger partial charge is 0.395 e. The topological polar surface area (TPSA) is 57.6 Å². The Labute approximate surface area is 143 Å². The molecular formula is C14H21Br2NO3S. The summed E-state index contributed by atoms with van der Waals surface area (Å²) < 4.78 is 28.0. The third kappa shape index (κ3) is 5.63. The van der Waals surface area contributed by atoms with E-state index >= 15 is 0 Å². The number of unbranched alkanes of at least 4 members (excludes halogenated alkanes) is 3. The van der Waals surface area contributed by atoms with Gasteiger partial charge in [-0.05, 0) is 40.5 Å². The van der Waals surface area contributed by atoms with Crippen LogP contribution in [0.4, 0.5) is 0 Å². The van der Waals surface area contributed by atoms with E-state index < -0.39 is 10.0 Å². The first-order valence-corrected chi connectivity index (χ1v) is 10.0.